The molecule has 0 spiro atoms. The van der Waals surface area contributed by atoms with Crippen LogP contribution in [-0.4, -0.2) is 18.0 Å². The van der Waals surface area contributed by atoms with Crippen LogP contribution in [0.4, 0.5) is 17.2 Å². The van der Waals surface area contributed by atoms with Crippen molar-refractivity contribution < 1.29 is 9.53 Å². The summed E-state index contributed by atoms with van der Waals surface area (Å²) in [7, 11) is 1.63. The highest BCUT2D eigenvalue weighted by Crippen LogP contribution is 2.23. The fourth-order valence-electron chi connectivity index (χ4n) is 2.72. The second-order valence-electron chi connectivity index (χ2n) is 7.57. The molecular formula is C23H25N3O2. The monoisotopic (exact) mass is 375 g/mol. The number of hydrogen-bond acceptors (Lipinski definition) is 4. The molecule has 0 saturated heterocycles. The minimum absolute atomic E-state index is 0.0577. The second-order valence-corrected chi connectivity index (χ2v) is 7.57. The molecule has 0 fully saturated rings. The Morgan fingerprint density at radius 3 is 2.32 bits per heavy atom. The van der Waals surface area contributed by atoms with Gasteiger partial charge in [-0.2, -0.15) is 0 Å². The molecule has 0 atom stereocenters. The van der Waals surface area contributed by atoms with Crippen molar-refractivity contribution >= 4 is 23.1 Å². The van der Waals surface area contributed by atoms with Gasteiger partial charge in [0.25, 0.3) is 5.91 Å². The molecule has 28 heavy (non-hydrogen) atoms. The van der Waals surface area contributed by atoms with Gasteiger partial charge in [0.15, 0.2) is 0 Å². The first-order valence-corrected chi connectivity index (χ1v) is 9.14. The van der Waals surface area contributed by atoms with Crippen LogP contribution < -0.4 is 15.4 Å². The fraction of sp³-hybridized carbons (Fsp3) is 0.217. The van der Waals surface area contributed by atoms with Crippen LogP contribution >= 0.6 is 0 Å². The van der Waals surface area contributed by atoms with Crippen molar-refractivity contribution in [2.24, 2.45) is 0 Å². The quantitative estimate of drug-likeness (QED) is 0.628. The highest BCUT2D eigenvalue weighted by Gasteiger charge is 2.14. The Bertz CT molecular complexity index is 943. The van der Waals surface area contributed by atoms with Crippen LogP contribution in [0, 0.1) is 0 Å². The van der Waals surface area contributed by atoms with E-state index >= 15 is 0 Å². The van der Waals surface area contributed by atoms with E-state index in [1.165, 1.54) is 5.56 Å². The summed E-state index contributed by atoms with van der Waals surface area (Å²) in [4.78, 5) is 16.8. The van der Waals surface area contributed by atoms with Gasteiger partial charge in [-0.25, -0.2) is 4.98 Å². The molecule has 0 aliphatic rings. The van der Waals surface area contributed by atoms with E-state index in [2.05, 4.69) is 36.4 Å². The number of nitrogens with zero attached hydrogens (tertiary/aromatic N) is 1. The molecular weight excluding hydrogens is 350 g/mol. The van der Waals surface area contributed by atoms with Gasteiger partial charge in [-0.15, -0.1) is 0 Å². The number of methoxy groups -OCH3 is 1. The van der Waals surface area contributed by atoms with Gasteiger partial charge in [0, 0.05) is 17.3 Å². The number of carbonyl (C=O) groups excluding carboxylic acids is 1. The summed E-state index contributed by atoms with van der Waals surface area (Å²) in [5, 5.41) is 6.08. The molecule has 5 nitrogen and oxygen atoms in total. The molecule has 144 valence electrons. The van der Waals surface area contributed by atoms with Crippen LogP contribution in [0.1, 0.15) is 36.7 Å². The molecule has 0 aliphatic carbocycles. The van der Waals surface area contributed by atoms with E-state index < -0.39 is 0 Å². The summed E-state index contributed by atoms with van der Waals surface area (Å²) in [5.41, 5.74) is 3.57. The van der Waals surface area contributed by atoms with Crippen molar-refractivity contribution in [3.05, 3.63) is 78.0 Å². The van der Waals surface area contributed by atoms with E-state index in [9.17, 15) is 4.79 Å². The maximum absolute atomic E-state index is 12.4. The zero-order valence-corrected chi connectivity index (χ0v) is 16.6. The minimum atomic E-state index is -0.179. The first-order valence-electron chi connectivity index (χ1n) is 9.14. The second kappa shape index (κ2) is 8.13. The van der Waals surface area contributed by atoms with E-state index in [-0.39, 0.29) is 11.3 Å². The van der Waals surface area contributed by atoms with Crippen molar-refractivity contribution in [2.45, 2.75) is 26.2 Å². The summed E-state index contributed by atoms with van der Waals surface area (Å²) >= 11 is 0. The molecule has 2 N–H and O–H groups in total. The van der Waals surface area contributed by atoms with Gasteiger partial charge in [-0.3, -0.25) is 4.79 Å². The Labute approximate surface area is 165 Å². The maximum atomic E-state index is 12.4. The number of amides is 1. The van der Waals surface area contributed by atoms with Crippen LogP contribution in [0.25, 0.3) is 0 Å². The number of nitrogens with one attached hydrogen (secondary N) is 2. The molecule has 5 heteroatoms. The molecule has 0 radical (unpaired) electrons. The lowest BCUT2D eigenvalue weighted by atomic mass is 9.87. The van der Waals surface area contributed by atoms with E-state index in [1.807, 2.05) is 54.6 Å². The number of pyridine rings is 1. The molecule has 0 saturated carbocycles. The maximum Gasteiger partial charge on any atom is 0.256 e. The van der Waals surface area contributed by atoms with E-state index in [1.54, 1.807) is 19.4 Å². The first-order chi connectivity index (χ1) is 13.3. The molecule has 1 amide bonds. The molecule has 0 bridgehead atoms. The number of aromatic nitrogens is 1. The van der Waals surface area contributed by atoms with Crippen LogP contribution in [0.15, 0.2) is 66.9 Å². The lowest BCUT2D eigenvalue weighted by Gasteiger charge is -2.19. The fourth-order valence-corrected chi connectivity index (χ4v) is 2.72. The Kier molecular flexibility index (Phi) is 5.64. The summed E-state index contributed by atoms with van der Waals surface area (Å²) < 4.78 is 5.22. The standard InChI is InChI=1S/C23H25N3O2/c1-23(2,3)17-10-8-16(9-11-17)22(27)26-21-13-12-19(15-24-21)25-18-6-5-7-20(14-18)28-4/h5-15,25H,1-4H3,(H,24,26,27). The number of carbonyl (C=O) groups is 1. The van der Waals surface area contributed by atoms with Crippen LogP contribution in [-0.2, 0) is 5.41 Å². The van der Waals surface area contributed by atoms with E-state index in [4.69, 9.17) is 4.74 Å². The van der Waals surface area contributed by atoms with Crippen molar-refractivity contribution in [1.82, 2.24) is 4.98 Å². The highest BCUT2D eigenvalue weighted by atomic mass is 16.5. The summed E-state index contributed by atoms with van der Waals surface area (Å²) in [6.07, 6.45) is 1.68. The topological polar surface area (TPSA) is 63.2 Å². The number of benzene rings is 2. The third kappa shape index (κ3) is 4.88. The van der Waals surface area contributed by atoms with Gasteiger partial charge in [0.2, 0.25) is 0 Å². The molecule has 3 aromatic rings. The third-order valence-electron chi connectivity index (χ3n) is 4.38. The van der Waals surface area contributed by atoms with Crippen molar-refractivity contribution in [3.63, 3.8) is 0 Å². The first kappa shape index (κ1) is 19.4. The van der Waals surface area contributed by atoms with Gasteiger partial charge in [0.05, 0.1) is 19.0 Å². The van der Waals surface area contributed by atoms with Gasteiger partial charge in [0.1, 0.15) is 11.6 Å². The predicted molar refractivity (Wildman–Crippen MR) is 114 cm³/mol. The normalized spacial score (nSPS) is 11.0. The lowest BCUT2D eigenvalue weighted by Crippen LogP contribution is -2.15. The summed E-state index contributed by atoms with van der Waals surface area (Å²) in [6.45, 7) is 6.44. The van der Waals surface area contributed by atoms with Crippen molar-refractivity contribution in [2.75, 3.05) is 17.7 Å². The Hall–Kier alpha value is -3.34. The SMILES string of the molecule is COc1cccc(Nc2ccc(NC(=O)c3ccc(C(C)(C)C)cc3)nc2)c1. The zero-order chi connectivity index (χ0) is 20.1. The van der Waals surface area contributed by atoms with Crippen LogP contribution in [0.3, 0.4) is 0 Å². The number of hydrogen-bond donors (Lipinski definition) is 2. The number of ether oxygens (including phenoxy) is 1. The van der Waals surface area contributed by atoms with Crippen molar-refractivity contribution in [3.8, 4) is 5.75 Å². The summed E-state index contributed by atoms with van der Waals surface area (Å²) in [6, 6.07) is 18.9. The van der Waals surface area contributed by atoms with Gasteiger partial charge >= 0.3 is 0 Å². The molecule has 1 aromatic heterocycles. The molecule has 0 aliphatic heterocycles. The van der Waals surface area contributed by atoms with Gasteiger partial charge < -0.3 is 15.4 Å². The van der Waals surface area contributed by atoms with Crippen LogP contribution in [0.5, 0.6) is 5.75 Å². The minimum Gasteiger partial charge on any atom is -0.497 e. The molecule has 2 aromatic carbocycles. The largest absolute Gasteiger partial charge is 0.497 e. The highest BCUT2D eigenvalue weighted by molar-refractivity contribution is 6.03. The van der Waals surface area contributed by atoms with E-state index in [0.29, 0.717) is 11.4 Å². The Morgan fingerprint density at radius 1 is 0.964 bits per heavy atom. The molecule has 3 rings (SSSR count). The van der Waals surface area contributed by atoms with Gasteiger partial charge in [-0.1, -0.05) is 39.0 Å². The average molecular weight is 375 g/mol. The predicted octanol–water partition coefficient (Wildman–Crippen LogP) is 5.38. The zero-order valence-electron chi connectivity index (χ0n) is 16.6. The average Bonchev–Trinajstić information content (AvgIpc) is 2.69. The molecule has 0 unspecified atom stereocenters. The number of anilines is 3. The van der Waals surface area contributed by atoms with E-state index in [0.717, 1.165) is 17.1 Å². The van der Waals surface area contributed by atoms with Crippen LogP contribution in [0.2, 0.25) is 0 Å². The van der Waals surface area contributed by atoms with Gasteiger partial charge in [-0.05, 0) is 47.4 Å². The summed E-state index contributed by atoms with van der Waals surface area (Å²) in [5.74, 6) is 1.10. The Balaban J connectivity index is 1.64. The van der Waals surface area contributed by atoms with Crippen molar-refractivity contribution in [1.29, 1.82) is 0 Å². The Morgan fingerprint density at radius 2 is 1.71 bits per heavy atom. The lowest BCUT2D eigenvalue weighted by molar-refractivity contribution is 0.102. The number of rotatable bonds is 5. The third-order valence-corrected chi connectivity index (χ3v) is 4.38. The molecule has 1 heterocycles. The smallest absolute Gasteiger partial charge is 0.256 e.